The standard InChI is InChI=1S/C14H16O4/c1-3-8-17-11-6-4-10(5-7-11)14(2)9-12(15)18-13(14)16/h4-7H,3,8-9H2,1-2H3. The number of hydrogen-bond acceptors (Lipinski definition) is 4. The summed E-state index contributed by atoms with van der Waals surface area (Å²) in [7, 11) is 0. The Kier molecular flexibility index (Phi) is 3.36. The van der Waals surface area contributed by atoms with E-state index in [1.807, 2.05) is 31.2 Å². The molecule has 1 aromatic carbocycles. The molecular weight excluding hydrogens is 232 g/mol. The number of rotatable bonds is 4. The van der Waals surface area contributed by atoms with E-state index in [-0.39, 0.29) is 6.42 Å². The summed E-state index contributed by atoms with van der Waals surface area (Å²) >= 11 is 0. The van der Waals surface area contributed by atoms with Gasteiger partial charge in [0.2, 0.25) is 0 Å². The Bertz CT molecular complexity index is 463. The first-order valence-electron chi connectivity index (χ1n) is 6.04. The van der Waals surface area contributed by atoms with Gasteiger partial charge in [-0.2, -0.15) is 0 Å². The molecule has 0 amide bonds. The number of hydrogen-bond donors (Lipinski definition) is 0. The van der Waals surface area contributed by atoms with E-state index in [0.717, 1.165) is 17.7 Å². The fourth-order valence-corrected chi connectivity index (χ4v) is 1.97. The Morgan fingerprint density at radius 1 is 1.28 bits per heavy atom. The van der Waals surface area contributed by atoms with Crippen LogP contribution in [-0.4, -0.2) is 18.5 Å². The van der Waals surface area contributed by atoms with Gasteiger partial charge in [-0.25, -0.2) is 0 Å². The van der Waals surface area contributed by atoms with Crippen molar-refractivity contribution in [3.05, 3.63) is 29.8 Å². The van der Waals surface area contributed by atoms with Gasteiger partial charge in [0, 0.05) is 0 Å². The van der Waals surface area contributed by atoms with Gasteiger partial charge in [-0.3, -0.25) is 9.59 Å². The Morgan fingerprint density at radius 2 is 1.94 bits per heavy atom. The fourth-order valence-electron chi connectivity index (χ4n) is 1.97. The first kappa shape index (κ1) is 12.6. The molecule has 1 aromatic rings. The molecule has 1 aliphatic rings. The molecule has 4 nitrogen and oxygen atoms in total. The molecule has 1 atom stereocenters. The largest absolute Gasteiger partial charge is 0.494 e. The van der Waals surface area contributed by atoms with Gasteiger partial charge in [-0.15, -0.1) is 0 Å². The predicted octanol–water partition coefficient (Wildman–Crippen LogP) is 2.21. The minimum absolute atomic E-state index is 0.0982. The molecule has 1 saturated heterocycles. The molecule has 0 aromatic heterocycles. The van der Waals surface area contributed by atoms with Crippen molar-refractivity contribution in [1.82, 2.24) is 0 Å². The molecule has 1 fully saturated rings. The summed E-state index contributed by atoms with van der Waals surface area (Å²) in [6.07, 6.45) is 1.04. The number of esters is 2. The second-order valence-electron chi connectivity index (χ2n) is 4.64. The third kappa shape index (κ3) is 2.23. The molecule has 0 bridgehead atoms. The average molecular weight is 248 g/mol. The molecule has 1 unspecified atom stereocenters. The molecule has 0 N–H and O–H groups in total. The van der Waals surface area contributed by atoms with E-state index >= 15 is 0 Å². The van der Waals surface area contributed by atoms with Crippen molar-refractivity contribution < 1.29 is 19.1 Å². The minimum Gasteiger partial charge on any atom is -0.494 e. The third-order valence-corrected chi connectivity index (χ3v) is 3.12. The third-order valence-electron chi connectivity index (χ3n) is 3.12. The minimum atomic E-state index is -0.861. The monoisotopic (exact) mass is 248 g/mol. The fraction of sp³-hybridized carbons (Fsp3) is 0.429. The van der Waals surface area contributed by atoms with Crippen LogP contribution in [0.5, 0.6) is 5.75 Å². The highest BCUT2D eigenvalue weighted by molar-refractivity contribution is 6.00. The van der Waals surface area contributed by atoms with Gasteiger partial charge < -0.3 is 9.47 Å². The molecule has 4 heteroatoms. The molecule has 1 heterocycles. The summed E-state index contributed by atoms with van der Waals surface area (Å²) in [4.78, 5) is 22.9. The van der Waals surface area contributed by atoms with Crippen molar-refractivity contribution in [2.75, 3.05) is 6.61 Å². The van der Waals surface area contributed by atoms with Crippen LogP contribution in [0.2, 0.25) is 0 Å². The van der Waals surface area contributed by atoms with Gasteiger partial charge in [0.15, 0.2) is 0 Å². The van der Waals surface area contributed by atoms with Crippen LogP contribution in [0.1, 0.15) is 32.3 Å². The summed E-state index contributed by atoms with van der Waals surface area (Å²) in [5.74, 6) is -0.176. The Hall–Kier alpha value is -1.84. The van der Waals surface area contributed by atoms with Gasteiger partial charge in [0.05, 0.1) is 13.0 Å². The number of cyclic esters (lactones) is 2. The highest BCUT2D eigenvalue weighted by atomic mass is 16.6. The van der Waals surface area contributed by atoms with Gasteiger partial charge in [-0.1, -0.05) is 19.1 Å². The molecule has 0 radical (unpaired) electrons. The van der Waals surface area contributed by atoms with E-state index in [1.165, 1.54) is 0 Å². The summed E-state index contributed by atoms with van der Waals surface area (Å²) in [6, 6.07) is 7.24. The first-order valence-corrected chi connectivity index (χ1v) is 6.04. The summed E-state index contributed by atoms with van der Waals surface area (Å²) in [5.41, 5.74) is -0.0809. The smallest absolute Gasteiger partial charge is 0.324 e. The maximum atomic E-state index is 11.7. The maximum Gasteiger partial charge on any atom is 0.324 e. The van der Waals surface area contributed by atoms with Crippen LogP contribution in [0.15, 0.2) is 24.3 Å². The average Bonchev–Trinajstić information content (AvgIpc) is 2.62. The van der Waals surface area contributed by atoms with Crippen LogP contribution in [0, 0.1) is 0 Å². The molecule has 2 rings (SSSR count). The number of benzene rings is 1. The Labute approximate surface area is 106 Å². The van der Waals surface area contributed by atoms with Crippen LogP contribution in [0.3, 0.4) is 0 Å². The lowest BCUT2D eigenvalue weighted by Crippen LogP contribution is -2.27. The number of carbonyl (C=O) groups is 2. The molecule has 0 spiro atoms. The van der Waals surface area contributed by atoms with Gasteiger partial charge in [0.1, 0.15) is 11.2 Å². The second kappa shape index (κ2) is 4.80. The lowest BCUT2D eigenvalue weighted by molar-refractivity contribution is -0.153. The van der Waals surface area contributed by atoms with E-state index in [9.17, 15) is 9.59 Å². The molecule has 0 aliphatic carbocycles. The molecule has 0 saturated carbocycles. The van der Waals surface area contributed by atoms with Crippen LogP contribution < -0.4 is 4.74 Å². The van der Waals surface area contributed by atoms with Gasteiger partial charge in [-0.05, 0) is 31.0 Å². The Morgan fingerprint density at radius 3 is 2.44 bits per heavy atom. The van der Waals surface area contributed by atoms with Crippen molar-refractivity contribution >= 4 is 11.9 Å². The van der Waals surface area contributed by atoms with Crippen LogP contribution in [-0.2, 0) is 19.7 Å². The highest BCUT2D eigenvalue weighted by Gasteiger charge is 2.46. The van der Waals surface area contributed by atoms with E-state index in [0.29, 0.717) is 6.61 Å². The van der Waals surface area contributed by atoms with E-state index < -0.39 is 17.4 Å². The van der Waals surface area contributed by atoms with Gasteiger partial charge >= 0.3 is 11.9 Å². The SMILES string of the molecule is CCCOc1ccc(C2(C)CC(=O)OC2=O)cc1. The van der Waals surface area contributed by atoms with Crippen molar-refractivity contribution in [3.63, 3.8) is 0 Å². The summed E-state index contributed by atoms with van der Waals surface area (Å²) in [6.45, 7) is 4.43. The predicted molar refractivity (Wildman–Crippen MR) is 65.3 cm³/mol. The zero-order chi connectivity index (χ0) is 13.2. The van der Waals surface area contributed by atoms with Crippen LogP contribution in [0.4, 0.5) is 0 Å². The van der Waals surface area contributed by atoms with Crippen molar-refractivity contribution in [3.8, 4) is 5.75 Å². The Balaban J connectivity index is 2.19. The molecular formula is C14H16O4. The maximum absolute atomic E-state index is 11.7. The highest BCUT2D eigenvalue weighted by Crippen LogP contribution is 2.35. The van der Waals surface area contributed by atoms with Crippen molar-refractivity contribution in [1.29, 1.82) is 0 Å². The molecule has 18 heavy (non-hydrogen) atoms. The van der Waals surface area contributed by atoms with Crippen molar-refractivity contribution in [2.45, 2.75) is 32.1 Å². The number of ether oxygens (including phenoxy) is 2. The van der Waals surface area contributed by atoms with Crippen LogP contribution in [0.25, 0.3) is 0 Å². The normalized spacial score (nSPS) is 23.0. The van der Waals surface area contributed by atoms with Crippen LogP contribution >= 0.6 is 0 Å². The topological polar surface area (TPSA) is 52.6 Å². The van der Waals surface area contributed by atoms with E-state index in [1.54, 1.807) is 6.92 Å². The summed E-state index contributed by atoms with van der Waals surface area (Å²) < 4.78 is 10.1. The van der Waals surface area contributed by atoms with Gasteiger partial charge in [0.25, 0.3) is 0 Å². The zero-order valence-corrected chi connectivity index (χ0v) is 10.6. The lowest BCUT2D eigenvalue weighted by Gasteiger charge is -2.18. The lowest BCUT2D eigenvalue weighted by atomic mass is 9.81. The summed E-state index contributed by atoms with van der Waals surface area (Å²) in [5, 5.41) is 0. The quantitative estimate of drug-likeness (QED) is 0.605. The van der Waals surface area contributed by atoms with E-state index in [2.05, 4.69) is 4.74 Å². The van der Waals surface area contributed by atoms with Crippen molar-refractivity contribution in [2.24, 2.45) is 0 Å². The van der Waals surface area contributed by atoms with E-state index in [4.69, 9.17) is 4.74 Å². The molecule has 1 aliphatic heterocycles. The number of carbonyl (C=O) groups excluding carboxylic acids is 2. The molecule has 96 valence electrons. The zero-order valence-electron chi connectivity index (χ0n) is 10.6. The first-order chi connectivity index (χ1) is 8.56. The second-order valence-corrected chi connectivity index (χ2v) is 4.64.